The second kappa shape index (κ2) is 5.11. The minimum Gasteiger partial charge on any atom is -0.450 e. The Bertz CT molecular complexity index is 763. The van der Waals surface area contributed by atoms with Crippen molar-refractivity contribution in [3.05, 3.63) is 28.9 Å². The lowest BCUT2D eigenvalue weighted by atomic mass is 9.86. The van der Waals surface area contributed by atoms with Gasteiger partial charge in [-0.25, -0.2) is 4.79 Å². The smallest absolute Gasteiger partial charge is 0.407 e. The van der Waals surface area contributed by atoms with Gasteiger partial charge in [0.15, 0.2) is 0 Å². The molecule has 1 heterocycles. The number of nitrogens with one attached hydrogen (secondary N) is 2. The molecule has 23 heavy (non-hydrogen) atoms. The molecule has 2 atom stereocenters. The fraction of sp³-hybridized carbons (Fsp3) is 0.500. The zero-order chi connectivity index (χ0) is 16.2. The summed E-state index contributed by atoms with van der Waals surface area (Å²) in [6, 6.07) is 3.73. The van der Waals surface area contributed by atoms with E-state index in [1.807, 2.05) is 6.07 Å². The number of amides is 1. The van der Waals surface area contributed by atoms with E-state index < -0.39 is 5.60 Å². The standard InChI is InChI=1S/C16H18ClN3O3/c1-2-23-15(21)19-14-9-5-16(22,6-10(9)14)12-3-8(17)4-13-11(12)7-18-20-13/h3-4,7,9-10,14,22H,2,5-6H2,1H3,(H,18,20)(H,19,21). The van der Waals surface area contributed by atoms with Crippen LogP contribution in [-0.2, 0) is 10.3 Å². The zero-order valence-electron chi connectivity index (χ0n) is 12.7. The fourth-order valence-corrected chi connectivity index (χ4v) is 4.23. The van der Waals surface area contributed by atoms with Crippen LogP contribution >= 0.6 is 11.6 Å². The molecule has 1 amide bonds. The summed E-state index contributed by atoms with van der Waals surface area (Å²) in [5.74, 6) is 0.565. The first-order valence-corrected chi connectivity index (χ1v) is 8.18. The number of hydrogen-bond acceptors (Lipinski definition) is 4. The van der Waals surface area contributed by atoms with Crippen LogP contribution in [0.5, 0.6) is 0 Å². The predicted octanol–water partition coefficient (Wildman–Crippen LogP) is 2.56. The number of fused-ring (bicyclic) bond motifs is 2. The molecule has 122 valence electrons. The Hall–Kier alpha value is -1.79. The van der Waals surface area contributed by atoms with Gasteiger partial charge in [-0.15, -0.1) is 0 Å². The Balaban J connectivity index is 1.54. The molecule has 3 N–H and O–H groups in total. The van der Waals surface area contributed by atoms with Gasteiger partial charge < -0.3 is 15.2 Å². The van der Waals surface area contributed by atoms with E-state index in [9.17, 15) is 9.90 Å². The quantitative estimate of drug-likeness (QED) is 0.804. The SMILES string of the molecule is CCOC(=O)NC1C2CC(O)(c3cc(Cl)cc4[nH]ncc34)CC21. The van der Waals surface area contributed by atoms with E-state index in [4.69, 9.17) is 16.3 Å². The minimum absolute atomic E-state index is 0.105. The number of hydrogen-bond donors (Lipinski definition) is 3. The molecule has 0 radical (unpaired) electrons. The Morgan fingerprint density at radius 1 is 1.52 bits per heavy atom. The van der Waals surface area contributed by atoms with E-state index in [1.54, 1.807) is 19.2 Å². The highest BCUT2D eigenvalue weighted by molar-refractivity contribution is 6.31. The van der Waals surface area contributed by atoms with E-state index in [1.165, 1.54) is 0 Å². The molecular formula is C16H18ClN3O3. The number of aliphatic hydroxyl groups is 1. The van der Waals surface area contributed by atoms with Crippen LogP contribution in [0.2, 0.25) is 5.02 Å². The van der Waals surface area contributed by atoms with Crippen LogP contribution in [-0.4, -0.2) is 34.0 Å². The molecular weight excluding hydrogens is 318 g/mol. The molecule has 2 fully saturated rings. The lowest BCUT2D eigenvalue weighted by molar-refractivity contribution is 0.0292. The highest BCUT2D eigenvalue weighted by Gasteiger charge is 2.62. The van der Waals surface area contributed by atoms with Gasteiger partial charge in [0.1, 0.15) is 0 Å². The Kier molecular flexibility index (Phi) is 3.28. The van der Waals surface area contributed by atoms with Gasteiger partial charge in [-0.05, 0) is 49.3 Å². The number of benzene rings is 1. The third-order valence-electron chi connectivity index (χ3n) is 5.06. The monoisotopic (exact) mass is 335 g/mol. The number of nitrogens with zero attached hydrogens (tertiary/aromatic N) is 1. The summed E-state index contributed by atoms with van der Waals surface area (Å²) >= 11 is 6.17. The van der Waals surface area contributed by atoms with Crippen molar-refractivity contribution in [1.29, 1.82) is 0 Å². The van der Waals surface area contributed by atoms with Crippen LogP contribution in [0.25, 0.3) is 10.9 Å². The molecule has 2 unspecified atom stereocenters. The van der Waals surface area contributed by atoms with Crippen LogP contribution in [0.15, 0.2) is 18.3 Å². The summed E-state index contributed by atoms with van der Waals surface area (Å²) < 4.78 is 4.92. The zero-order valence-corrected chi connectivity index (χ0v) is 13.4. The Morgan fingerprint density at radius 3 is 2.96 bits per heavy atom. The molecule has 2 saturated carbocycles. The van der Waals surface area contributed by atoms with E-state index in [0.717, 1.165) is 16.5 Å². The number of halogens is 1. The van der Waals surface area contributed by atoms with Crippen molar-refractivity contribution in [3.63, 3.8) is 0 Å². The van der Waals surface area contributed by atoms with Gasteiger partial charge in [0.25, 0.3) is 0 Å². The van der Waals surface area contributed by atoms with Crippen LogP contribution in [0.4, 0.5) is 4.79 Å². The highest BCUT2D eigenvalue weighted by Crippen LogP contribution is 2.60. The van der Waals surface area contributed by atoms with Crippen LogP contribution in [0.1, 0.15) is 25.3 Å². The van der Waals surface area contributed by atoms with Gasteiger partial charge in [0, 0.05) is 16.5 Å². The molecule has 4 rings (SSSR count). The van der Waals surface area contributed by atoms with Gasteiger partial charge in [-0.1, -0.05) is 11.6 Å². The minimum atomic E-state index is -0.921. The molecule has 0 saturated heterocycles. The van der Waals surface area contributed by atoms with Crippen molar-refractivity contribution in [2.45, 2.75) is 31.4 Å². The van der Waals surface area contributed by atoms with Crippen LogP contribution in [0, 0.1) is 11.8 Å². The van der Waals surface area contributed by atoms with Gasteiger partial charge >= 0.3 is 6.09 Å². The third-order valence-corrected chi connectivity index (χ3v) is 5.28. The van der Waals surface area contributed by atoms with Crippen LogP contribution < -0.4 is 5.32 Å². The molecule has 0 bridgehead atoms. The maximum Gasteiger partial charge on any atom is 0.407 e. The molecule has 6 nitrogen and oxygen atoms in total. The lowest BCUT2D eigenvalue weighted by Crippen LogP contribution is -2.33. The highest BCUT2D eigenvalue weighted by atomic mass is 35.5. The second-order valence-electron chi connectivity index (χ2n) is 6.44. The number of aromatic amines is 1. The summed E-state index contributed by atoms with van der Waals surface area (Å²) in [7, 11) is 0. The van der Waals surface area contributed by atoms with Crippen LogP contribution in [0.3, 0.4) is 0 Å². The van der Waals surface area contributed by atoms with E-state index in [-0.39, 0.29) is 24.0 Å². The maximum atomic E-state index is 11.5. The summed E-state index contributed by atoms with van der Waals surface area (Å²) in [6.45, 7) is 2.14. The summed E-state index contributed by atoms with van der Waals surface area (Å²) in [5.41, 5.74) is 0.716. The van der Waals surface area contributed by atoms with Crippen molar-refractivity contribution in [2.24, 2.45) is 11.8 Å². The van der Waals surface area contributed by atoms with Crippen molar-refractivity contribution in [2.75, 3.05) is 6.61 Å². The van der Waals surface area contributed by atoms with Crippen molar-refractivity contribution in [3.8, 4) is 0 Å². The molecule has 1 aromatic heterocycles. The van der Waals surface area contributed by atoms with Crippen molar-refractivity contribution < 1.29 is 14.6 Å². The Morgan fingerprint density at radius 2 is 2.26 bits per heavy atom. The van der Waals surface area contributed by atoms with Crippen molar-refractivity contribution >= 4 is 28.6 Å². The number of H-pyrrole nitrogens is 1. The molecule has 1 aromatic carbocycles. The number of rotatable bonds is 3. The van der Waals surface area contributed by atoms with E-state index in [0.29, 0.717) is 24.5 Å². The number of carbonyl (C=O) groups is 1. The van der Waals surface area contributed by atoms with Gasteiger partial charge in [0.2, 0.25) is 0 Å². The summed E-state index contributed by atoms with van der Waals surface area (Å²) in [5, 5.41) is 22.4. The first-order chi connectivity index (χ1) is 11.0. The number of alkyl carbamates (subject to hydrolysis) is 1. The largest absolute Gasteiger partial charge is 0.450 e. The maximum absolute atomic E-state index is 11.5. The van der Waals surface area contributed by atoms with Gasteiger partial charge in [-0.3, -0.25) is 5.10 Å². The lowest BCUT2D eigenvalue weighted by Gasteiger charge is -2.27. The number of ether oxygens (including phenoxy) is 1. The normalized spacial score (nSPS) is 31.9. The fourth-order valence-electron chi connectivity index (χ4n) is 4.01. The number of carbonyl (C=O) groups excluding carboxylic acids is 1. The molecule has 2 aliphatic rings. The summed E-state index contributed by atoms with van der Waals surface area (Å²) in [4.78, 5) is 11.5. The first kappa shape index (κ1) is 14.8. The molecule has 0 aliphatic heterocycles. The molecule has 2 aromatic rings. The number of aromatic nitrogens is 2. The second-order valence-corrected chi connectivity index (χ2v) is 6.88. The average molecular weight is 336 g/mol. The van der Waals surface area contributed by atoms with Gasteiger partial charge in [0.05, 0.1) is 23.9 Å². The molecule has 7 heteroatoms. The van der Waals surface area contributed by atoms with E-state index >= 15 is 0 Å². The predicted molar refractivity (Wildman–Crippen MR) is 85.2 cm³/mol. The first-order valence-electron chi connectivity index (χ1n) is 7.80. The average Bonchev–Trinajstić information content (AvgIpc) is 2.90. The topological polar surface area (TPSA) is 87.2 Å². The summed E-state index contributed by atoms with van der Waals surface area (Å²) in [6.07, 6.45) is 2.55. The van der Waals surface area contributed by atoms with Gasteiger partial charge in [-0.2, -0.15) is 5.10 Å². The third kappa shape index (κ3) is 2.37. The molecule has 2 aliphatic carbocycles. The van der Waals surface area contributed by atoms with Crippen molar-refractivity contribution in [1.82, 2.24) is 15.5 Å². The molecule has 0 spiro atoms. The van der Waals surface area contributed by atoms with E-state index in [2.05, 4.69) is 15.5 Å². The Labute approximate surface area is 138 Å².